The number of hydrogen-bond acceptors (Lipinski definition) is 4. The van der Waals surface area contributed by atoms with Crippen LogP contribution in [0.3, 0.4) is 0 Å². The molecule has 1 saturated carbocycles. The third-order valence-electron chi connectivity index (χ3n) is 5.98. The van der Waals surface area contributed by atoms with Gasteiger partial charge in [0.25, 0.3) is 0 Å². The number of nitrogens with one attached hydrogen (secondary N) is 2. The van der Waals surface area contributed by atoms with Crippen molar-refractivity contribution >= 4 is 33.4 Å². The van der Waals surface area contributed by atoms with Crippen LogP contribution in [0, 0.1) is 11.7 Å². The molecule has 7 nitrogen and oxygen atoms in total. The second-order valence-electron chi connectivity index (χ2n) is 8.20. The molecule has 2 fully saturated rings. The highest BCUT2D eigenvalue weighted by atomic mass is 35.5. The Morgan fingerprint density at radius 3 is 2.42 bits per heavy atom. The smallest absolute Gasteiger partial charge is 0.243 e. The van der Waals surface area contributed by atoms with E-state index in [1.807, 2.05) is 0 Å². The second-order valence-corrected chi connectivity index (χ2v) is 10.5. The number of hydrogen-bond donors (Lipinski definition) is 2. The largest absolute Gasteiger partial charge is 0.355 e. The minimum absolute atomic E-state index is 0.0499. The lowest BCUT2D eigenvalue weighted by atomic mass is 9.95. The first-order valence-electron chi connectivity index (χ1n) is 10.8. The second kappa shape index (κ2) is 10.7. The van der Waals surface area contributed by atoms with E-state index in [-0.39, 0.29) is 59.7 Å². The summed E-state index contributed by atoms with van der Waals surface area (Å²) in [6, 6.07) is 3.57. The average molecular weight is 474 g/mol. The van der Waals surface area contributed by atoms with Crippen molar-refractivity contribution < 1.29 is 22.4 Å². The molecule has 10 heteroatoms. The van der Waals surface area contributed by atoms with Gasteiger partial charge in [0.05, 0.1) is 9.92 Å². The molecule has 0 unspecified atom stereocenters. The van der Waals surface area contributed by atoms with E-state index in [1.54, 1.807) is 0 Å². The summed E-state index contributed by atoms with van der Waals surface area (Å²) < 4.78 is 40.1. The van der Waals surface area contributed by atoms with Crippen molar-refractivity contribution in [2.45, 2.75) is 62.3 Å². The molecule has 1 heterocycles. The number of benzene rings is 1. The number of amides is 2. The lowest BCUT2D eigenvalue weighted by Gasteiger charge is -2.30. The summed E-state index contributed by atoms with van der Waals surface area (Å²) in [4.78, 5) is 24.4. The van der Waals surface area contributed by atoms with E-state index in [0.29, 0.717) is 12.8 Å². The van der Waals surface area contributed by atoms with E-state index in [0.717, 1.165) is 37.8 Å². The van der Waals surface area contributed by atoms with Gasteiger partial charge in [0.1, 0.15) is 5.82 Å². The maximum Gasteiger partial charge on any atom is 0.243 e. The lowest BCUT2D eigenvalue weighted by Crippen LogP contribution is -2.43. The van der Waals surface area contributed by atoms with E-state index in [9.17, 15) is 22.4 Å². The zero-order chi connectivity index (χ0) is 22.4. The van der Waals surface area contributed by atoms with Crippen LogP contribution in [-0.4, -0.2) is 50.2 Å². The molecule has 0 bridgehead atoms. The van der Waals surface area contributed by atoms with Crippen LogP contribution in [0.4, 0.5) is 4.39 Å². The summed E-state index contributed by atoms with van der Waals surface area (Å²) in [6.07, 6.45) is 6.55. The number of nitrogens with zero attached hydrogens (tertiary/aromatic N) is 1. The van der Waals surface area contributed by atoms with E-state index in [2.05, 4.69) is 10.6 Å². The van der Waals surface area contributed by atoms with Crippen molar-refractivity contribution in [3.05, 3.63) is 29.0 Å². The molecule has 0 spiro atoms. The Hall–Kier alpha value is -1.71. The van der Waals surface area contributed by atoms with Crippen molar-refractivity contribution in [2.24, 2.45) is 5.92 Å². The molecule has 0 radical (unpaired) electrons. The number of halogens is 2. The monoisotopic (exact) mass is 473 g/mol. The zero-order valence-electron chi connectivity index (χ0n) is 17.4. The molecule has 31 heavy (non-hydrogen) atoms. The van der Waals surface area contributed by atoms with Gasteiger partial charge in [0.2, 0.25) is 21.8 Å². The Morgan fingerprint density at radius 1 is 1.10 bits per heavy atom. The molecule has 1 aromatic rings. The number of sulfonamides is 1. The summed E-state index contributed by atoms with van der Waals surface area (Å²) in [5.41, 5.74) is 0. The van der Waals surface area contributed by atoms with Crippen LogP contribution in [0.5, 0.6) is 0 Å². The fourth-order valence-electron chi connectivity index (χ4n) is 4.14. The van der Waals surface area contributed by atoms with E-state index in [4.69, 9.17) is 11.6 Å². The summed E-state index contributed by atoms with van der Waals surface area (Å²) in [6.45, 7) is 0.652. The van der Waals surface area contributed by atoms with Gasteiger partial charge in [0, 0.05) is 38.0 Å². The molecule has 3 rings (SSSR count). The maximum atomic E-state index is 13.3. The van der Waals surface area contributed by atoms with Gasteiger partial charge in [-0.1, -0.05) is 30.9 Å². The van der Waals surface area contributed by atoms with E-state index in [1.165, 1.54) is 16.8 Å². The lowest BCUT2D eigenvalue weighted by molar-refractivity contribution is -0.126. The van der Waals surface area contributed by atoms with Gasteiger partial charge >= 0.3 is 0 Å². The van der Waals surface area contributed by atoms with E-state index < -0.39 is 15.8 Å². The van der Waals surface area contributed by atoms with Crippen LogP contribution in [-0.2, 0) is 19.6 Å². The van der Waals surface area contributed by atoms with Crippen LogP contribution in [0.15, 0.2) is 23.1 Å². The quantitative estimate of drug-likeness (QED) is 0.636. The Kier molecular flexibility index (Phi) is 8.30. The maximum absolute atomic E-state index is 13.3. The number of carbonyl (C=O) groups is 2. The van der Waals surface area contributed by atoms with Gasteiger partial charge in [-0.15, -0.1) is 0 Å². The highest BCUT2D eigenvalue weighted by Crippen LogP contribution is 2.26. The van der Waals surface area contributed by atoms with Crippen molar-refractivity contribution in [2.75, 3.05) is 19.6 Å². The van der Waals surface area contributed by atoms with Gasteiger partial charge in [-0.3, -0.25) is 9.59 Å². The van der Waals surface area contributed by atoms with Crippen molar-refractivity contribution in [3.63, 3.8) is 0 Å². The molecule has 2 aliphatic rings. The first-order valence-corrected chi connectivity index (χ1v) is 12.6. The Morgan fingerprint density at radius 2 is 1.77 bits per heavy atom. The molecule has 2 amide bonds. The fraction of sp³-hybridized carbons (Fsp3) is 0.619. The number of piperidine rings is 1. The molecule has 1 saturated heterocycles. The van der Waals surface area contributed by atoms with Gasteiger partial charge < -0.3 is 10.6 Å². The van der Waals surface area contributed by atoms with Crippen LogP contribution in [0.2, 0.25) is 5.02 Å². The van der Waals surface area contributed by atoms with Crippen LogP contribution in [0.1, 0.15) is 51.4 Å². The topological polar surface area (TPSA) is 95.6 Å². The summed E-state index contributed by atoms with van der Waals surface area (Å²) in [5.74, 6) is -1.19. The van der Waals surface area contributed by atoms with Crippen LogP contribution < -0.4 is 10.6 Å². The highest BCUT2D eigenvalue weighted by molar-refractivity contribution is 7.89. The molecule has 1 aliphatic carbocycles. The Balaban J connectivity index is 1.42. The van der Waals surface area contributed by atoms with Crippen molar-refractivity contribution in [3.8, 4) is 0 Å². The average Bonchev–Trinajstić information content (AvgIpc) is 2.76. The predicted molar refractivity (Wildman–Crippen MR) is 116 cm³/mol. The zero-order valence-corrected chi connectivity index (χ0v) is 19.0. The molecule has 0 atom stereocenters. The first-order chi connectivity index (χ1) is 14.8. The summed E-state index contributed by atoms with van der Waals surface area (Å²) in [5, 5.41) is 5.57. The molecule has 1 aromatic carbocycles. The van der Waals surface area contributed by atoms with Gasteiger partial charge in [-0.05, 0) is 43.9 Å². The summed E-state index contributed by atoms with van der Waals surface area (Å²) >= 11 is 5.71. The van der Waals surface area contributed by atoms with Crippen molar-refractivity contribution in [1.82, 2.24) is 14.9 Å². The van der Waals surface area contributed by atoms with Crippen LogP contribution in [0.25, 0.3) is 0 Å². The standard InChI is InChI=1S/C21H29ClFN3O4S/c22-18-14-17(6-7-19(18)23)31(29,30)26-12-9-15(10-13-26)21(28)24-11-8-20(27)25-16-4-2-1-3-5-16/h6-7,14-16H,1-5,8-13H2,(H,24,28)(H,25,27). The van der Waals surface area contributed by atoms with Gasteiger partial charge in [-0.2, -0.15) is 4.31 Å². The number of rotatable bonds is 7. The fourth-order valence-corrected chi connectivity index (χ4v) is 5.88. The Labute approximate surface area is 187 Å². The highest BCUT2D eigenvalue weighted by Gasteiger charge is 2.32. The normalized spacial score (nSPS) is 19.2. The Bertz CT molecular complexity index is 898. The minimum Gasteiger partial charge on any atom is -0.355 e. The molecule has 2 N–H and O–H groups in total. The van der Waals surface area contributed by atoms with Gasteiger partial charge in [0.15, 0.2) is 0 Å². The van der Waals surface area contributed by atoms with Crippen LogP contribution >= 0.6 is 11.6 Å². The molecule has 172 valence electrons. The summed E-state index contributed by atoms with van der Waals surface area (Å²) in [7, 11) is -3.80. The molecular weight excluding hydrogens is 445 g/mol. The molecular formula is C21H29ClFN3O4S. The number of carbonyl (C=O) groups excluding carboxylic acids is 2. The van der Waals surface area contributed by atoms with E-state index >= 15 is 0 Å². The predicted octanol–water partition coefficient (Wildman–Crippen LogP) is 2.84. The third kappa shape index (κ3) is 6.40. The SMILES string of the molecule is O=C(CCNC(=O)C1CCN(S(=O)(=O)c2ccc(F)c(Cl)c2)CC1)NC1CCCCC1. The van der Waals surface area contributed by atoms with Crippen molar-refractivity contribution in [1.29, 1.82) is 0 Å². The molecule has 1 aliphatic heterocycles. The minimum atomic E-state index is -3.80. The first kappa shape index (κ1) is 23.9. The van der Waals surface area contributed by atoms with Gasteiger partial charge in [-0.25, -0.2) is 12.8 Å². The third-order valence-corrected chi connectivity index (χ3v) is 8.16. The molecule has 0 aromatic heterocycles.